The largest absolute Gasteiger partial charge is 0.289 e. The van der Waals surface area contributed by atoms with E-state index in [2.05, 4.69) is 42.7 Å². The molecule has 0 spiro atoms. The molecule has 340 valence electrons. The zero-order valence-electron chi connectivity index (χ0n) is 31.6. The number of hydrogen-bond acceptors (Lipinski definition) is 1. The summed E-state index contributed by atoms with van der Waals surface area (Å²) in [4.78, 5) is 12.3. The number of halogens is 20. The normalized spacial score (nSPS) is 13.8. The number of carbonyl (C=O) groups is 1. The Labute approximate surface area is 353 Å². The van der Waals surface area contributed by atoms with Crippen molar-refractivity contribution in [3.8, 4) is 0 Å². The summed E-state index contributed by atoms with van der Waals surface area (Å²) in [5.74, 6) is -70.5. The summed E-state index contributed by atoms with van der Waals surface area (Å²) in [6, 6.07) is 18.0. The lowest BCUT2D eigenvalue weighted by Gasteiger charge is -2.44. The number of benzene rings is 6. The number of hydrogen-bond donors (Lipinski definition) is 0. The Hall–Kier alpha value is -6.26. The third-order valence-corrected chi connectivity index (χ3v) is 12.3. The van der Waals surface area contributed by atoms with Crippen molar-refractivity contribution in [1.82, 2.24) is 0 Å². The highest BCUT2D eigenvalue weighted by Gasteiger charge is 2.52. The van der Waals surface area contributed by atoms with Crippen molar-refractivity contribution in [3.63, 3.8) is 0 Å². The summed E-state index contributed by atoms with van der Waals surface area (Å²) in [6.07, 6.45) is -0.605. The van der Waals surface area contributed by atoms with Gasteiger partial charge in [0.15, 0.2) is 80.8 Å². The van der Waals surface area contributed by atoms with Crippen LogP contribution in [0.1, 0.15) is 26.7 Å². The quantitative estimate of drug-likeness (QED) is 0.0371. The van der Waals surface area contributed by atoms with Crippen molar-refractivity contribution in [3.05, 3.63) is 194 Å². The van der Waals surface area contributed by atoms with E-state index in [9.17, 15) is 57.5 Å². The Morgan fingerprint density at radius 3 is 1.02 bits per heavy atom. The number of fused-ring (bicyclic) bond motifs is 1. The van der Waals surface area contributed by atoms with Gasteiger partial charge in [-0.3, -0.25) is 4.79 Å². The highest BCUT2D eigenvalue weighted by molar-refractivity contribution is 7.97. The lowest BCUT2D eigenvalue weighted by molar-refractivity contribution is 0.102. The number of Topliss-reactive ketones (excluding diaryl/α,β-unsaturated/α-hetero) is 1. The van der Waals surface area contributed by atoms with Gasteiger partial charge in [-0.1, -0.05) is 60.7 Å². The molecular weight excluding hydrogens is 943 g/mol. The molecule has 2 atom stereocenters. The standard InChI is InChI=1S/C24BF20.C18H17OS/c26-5-1(6(27)14(35)21(42)13(5)34)25(2-7(28)15(36)22(43)16(37)8(2)29,3-9(30)17(38)23(44)18(39)10(3)31)4-11(32)19(40)24(45)20(41)12(4)33;1-20(13-17(19)15-8-3-2-4-9-15)18-12-11-14-7-5-6-10-16(14)18/h;2-12,18H,13H2,1H3/q-1;+1. The molecule has 0 aliphatic heterocycles. The molecule has 65 heavy (non-hydrogen) atoms. The Kier molecular flexibility index (Phi) is 13.3. The highest BCUT2D eigenvalue weighted by Crippen LogP contribution is 2.35. The van der Waals surface area contributed by atoms with Crippen LogP contribution in [0.25, 0.3) is 6.08 Å². The Balaban J connectivity index is 0.000000289. The SMILES string of the molecule is C[S+](CC(=O)c1ccccc1)C1C=Cc2ccccc21.Fc1c(F)c(F)c([B-](c2c(F)c(F)c(F)c(F)c2F)(c2c(F)c(F)c(F)c(F)c2F)c2c(F)c(F)c(F)c(F)c2F)c(F)c1F. The van der Waals surface area contributed by atoms with Gasteiger partial charge in [0.1, 0.15) is 52.7 Å². The molecule has 7 rings (SSSR count). The van der Waals surface area contributed by atoms with Crippen LogP contribution in [0.4, 0.5) is 87.8 Å². The molecule has 0 heterocycles. The molecule has 1 nitrogen and oxygen atoms in total. The Bertz CT molecular complexity index is 2580. The summed E-state index contributed by atoms with van der Waals surface area (Å²) in [5.41, 5.74) is -10.9. The van der Waals surface area contributed by atoms with Crippen LogP contribution in [0.5, 0.6) is 0 Å². The van der Waals surface area contributed by atoms with Crippen LogP contribution in [0.2, 0.25) is 0 Å². The lowest BCUT2D eigenvalue weighted by Crippen LogP contribution is -2.81. The second kappa shape index (κ2) is 18.0. The van der Waals surface area contributed by atoms with Gasteiger partial charge in [-0.2, -0.15) is 0 Å². The molecule has 0 radical (unpaired) electrons. The molecule has 0 saturated carbocycles. The van der Waals surface area contributed by atoms with Crippen LogP contribution >= 0.6 is 0 Å². The number of rotatable bonds is 8. The minimum absolute atomic E-state index is 0.0263. The molecule has 0 amide bonds. The van der Waals surface area contributed by atoms with Crippen molar-refractivity contribution in [1.29, 1.82) is 0 Å². The van der Waals surface area contributed by atoms with Gasteiger partial charge in [-0.15, -0.1) is 21.9 Å². The average Bonchev–Trinajstić information content (AvgIpc) is 3.74. The fourth-order valence-corrected chi connectivity index (χ4v) is 9.20. The van der Waals surface area contributed by atoms with Crippen molar-refractivity contribution in [2.45, 2.75) is 5.25 Å². The first-order valence-corrected chi connectivity index (χ1v) is 19.5. The van der Waals surface area contributed by atoms with Gasteiger partial charge in [0.05, 0.1) is 6.26 Å². The molecule has 6 aromatic carbocycles. The van der Waals surface area contributed by atoms with E-state index in [0.29, 0.717) is 11.0 Å². The van der Waals surface area contributed by atoms with Crippen molar-refractivity contribution in [2.24, 2.45) is 0 Å². The van der Waals surface area contributed by atoms with E-state index in [-0.39, 0.29) is 16.7 Å². The molecule has 1 aliphatic carbocycles. The predicted molar refractivity (Wildman–Crippen MR) is 196 cm³/mol. The van der Waals surface area contributed by atoms with E-state index in [1.807, 2.05) is 30.3 Å². The molecule has 0 fully saturated rings. The van der Waals surface area contributed by atoms with Crippen LogP contribution < -0.4 is 21.9 Å². The van der Waals surface area contributed by atoms with Crippen molar-refractivity contribution >= 4 is 50.8 Å². The Morgan fingerprint density at radius 1 is 0.415 bits per heavy atom. The predicted octanol–water partition coefficient (Wildman–Crippen LogP) is 9.73. The van der Waals surface area contributed by atoms with Gasteiger partial charge >= 0.3 is 0 Å². The van der Waals surface area contributed by atoms with E-state index < -0.39 is 144 Å². The first kappa shape index (κ1) is 48.2. The molecule has 0 saturated heterocycles. The maximum Gasteiger partial charge on any atom is 0.211 e. The smallest absolute Gasteiger partial charge is 0.211 e. The van der Waals surface area contributed by atoms with Gasteiger partial charge in [-0.05, 0) is 11.6 Å². The molecule has 0 bridgehead atoms. The number of ketones is 1. The fourth-order valence-electron chi connectivity index (χ4n) is 7.45. The van der Waals surface area contributed by atoms with Gasteiger partial charge in [0.2, 0.25) is 5.78 Å². The van der Waals surface area contributed by atoms with Crippen LogP contribution in [0, 0.1) is 116 Å². The van der Waals surface area contributed by atoms with Crippen LogP contribution in [0.3, 0.4) is 0 Å². The van der Waals surface area contributed by atoms with Crippen LogP contribution in [-0.4, -0.2) is 23.9 Å². The third-order valence-electron chi connectivity index (χ3n) is 10.3. The molecule has 6 aromatic rings. The summed E-state index contributed by atoms with van der Waals surface area (Å²) in [6.45, 7) is 0. The van der Waals surface area contributed by atoms with E-state index in [4.69, 9.17) is 0 Å². The summed E-state index contributed by atoms with van der Waals surface area (Å²) >= 11 is 0. The van der Waals surface area contributed by atoms with Crippen molar-refractivity contribution in [2.75, 3.05) is 12.0 Å². The molecule has 23 heteroatoms. The van der Waals surface area contributed by atoms with E-state index in [1.54, 1.807) is 0 Å². The van der Waals surface area contributed by atoms with Crippen LogP contribution in [0.15, 0.2) is 60.7 Å². The maximum absolute atomic E-state index is 15.4. The molecule has 1 aliphatic rings. The lowest BCUT2D eigenvalue weighted by atomic mass is 9.12. The fraction of sp³-hybridized carbons (Fsp3) is 0.0714. The first-order chi connectivity index (χ1) is 30.5. The molecular formula is C42H17BF20OS. The minimum atomic E-state index is -7.22. The second-order valence-electron chi connectivity index (χ2n) is 13.8. The number of carbonyl (C=O) groups excluding carboxylic acids is 1. The van der Waals surface area contributed by atoms with Gasteiger partial charge < -0.3 is 0 Å². The van der Waals surface area contributed by atoms with Crippen molar-refractivity contribution < 1.29 is 92.6 Å². The van der Waals surface area contributed by atoms with Gasteiger partial charge in [0, 0.05) is 22.0 Å². The van der Waals surface area contributed by atoms with E-state index in [0.717, 1.165) is 5.56 Å². The zero-order valence-corrected chi connectivity index (χ0v) is 32.4. The molecule has 0 aromatic heterocycles. The second-order valence-corrected chi connectivity index (χ2v) is 16.0. The monoisotopic (exact) mass is 960 g/mol. The van der Waals surface area contributed by atoms with Gasteiger partial charge in [0.25, 0.3) is 0 Å². The highest BCUT2D eigenvalue weighted by atomic mass is 32.2. The molecule has 2 unspecified atom stereocenters. The van der Waals surface area contributed by atoms with Crippen LogP contribution in [-0.2, 0) is 10.9 Å². The Morgan fingerprint density at radius 2 is 0.692 bits per heavy atom. The summed E-state index contributed by atoms with van der Waals surface area (Å²) in [5, 5.41) is 0.388. The zero-order chi connectivity index (χ0) is 48.3. The molecule has 0 N–H and O–H groups in total. The van der Waals surface area contributed by atoms with E-state index in [1.165, 1.54) is 11.1 Å². The van der Waals surface area contributed by atoms with Gasteiger partial charge in [-0.25, -0.2) is 87.8 Å². The summed E-state index contributed by atoms with van der Waals surface area (Å²) < 4.78 is 294. The third kappa shape index (κ3) is 7.59. The maximum atomic E-state index is 15.4. The first-order valence-electron chi connectivity index (χ1n) is 17.7. The summed E-state index contributed by atoms with van der Waals surface area (Å²) in [7, 11) is 0.0263. The average molecular weight is 960 g/mol. The van der Waals surface area contributed by atoms with E-state index >= 15 is 35.1 Å². The minimum Gasteiger partial charge on any atom is -0.289 e. The topological polar surface area (TPSA) is 17.1 Å².